The molecule has 1 heterocycles. The predicted octanol–water partition coefficient (Wildman–Crippen LogP) is 2.24. The van der Waals surface area contributed by atoms with Crippen molar-refractivity contribution in [1.29, 1.82) is 5.41 Å². The highest BCUT2D eigenvalue weighted by atomic mass is 16.5. The molecule has 4 nitrogen and oxygen atoms in total. The molecule has 1 aromatic rings. The molecule has 1 aromatic heterocycles. The first-order chi connectivity index (χ1) is 8.18. The van der Waals surface area contributed by atoms with Gasteiger partial charge in [-0.3, -0.25) is 5.41 Å². The lowest BCUT2D eigenvalue weighted by Crippen LogP contribution is -2.18. The monoisotopic (exact) mass is 233 g/mol. The summed E-state index contributed by atoms with van der Waals surface area (Å²) in [6.45, 7) is 2.58. The summed E-state index contributed by atoms with van der Waals surface area (Å²) in [6.07, 6.45) is 6.77. The molecule has 4 heteroatoms. The summed E-state index contributed by atoms with van der Waals surface area (Å²) in [6, 6.07) is 1.84. The highest BCUT2D eigenvalue weighted by Gasteiger charge is 2.18. The molecular formula is C13H19N3O. The summed E-state index contributed by atoms with van der Waals surface area (Å²) in [5.74, 6) is 1.34. The number of nitrogens with one attached hydrogen (secondary N) is 1. The fourth-order valence-electron chi connectivity index (χ4n) is 2.07. The molecule has 0 radical (unpaired) electrons. The maximum absolute atomic E-state index is 7.54. The number of hydrogen-bond acceptors (Lipinski definition) is 3. The van der Waals surface area contributed by atoms with Crippen LogP contribution in [0.25, 0.3) is 0 Å². The van der Waals surface area contributed by atoms with Crippen molar-refractivity contribution in [3.8, 4) is 5.88 Å². The van der Waals surface area contributed by atoms with E-state index >= 15 is 0 Å². The molecule has 0 saturated heterocycles. The van der Waals surface area contributed by atoms with Crippen molar-refractivity contribution >= 4 is 5.84 Å². The van der Waals surface area contributed by atoms with Crippen molar-refractivity contribution in [1.82, 2.24) is 4.98 Å². The van der Waals surface area contributed by atoms with Crippen LogP contribution in [0.1, 0.15) is 36.8 Å². The van der Waals surface area contributed by atoms with Gasteiger partial charge in [0.05, 0.1) is 12.2 Å². The Balaban J connectivity index is 1.98. The largest absolute Gasteiger partial charge is 0.477 e. The van der Waals surface area contributed by atoms with Crippen molar-refractivity contribution in [3.05, 3.63) is 23.4 Å². The minimum absolute atomic E-state index is 0.0224. The fraction of sp³-hybridized carbons (Fsp3) is 0.538. The number of hydrogen-bond donors (Lipinski definition) is 2. The Morgan fingerprint density at radius 2 is 2.35 bits per heavy atom. The minimum atomic E-state index is 0.0224. The van der Waals surface area contributed by atoms with E-state index in [1.54, 1.807) is 6.20 Å². The van der Waals surface area contributed by atoms with Crippen molar-refractivity contribution in [3.63, 3.8) is 0 Å². The van der Waals surface area contributed by atoms with Crippen LogP contribution in [0.5, 0.6) is 5.88 Å². The van der Waals surface area contributed by atoms with E-state index in [0.29, 0.717) is 18.1 Å². The molecule has 0 bridgehead atoms. The molecule has 0 aromatic carbocycles. The Morgan fingerprint density at radius 1 is 1.59 bits per heavy atom. The number of nitrogen functional groups attached to an aromatic ring is 1. The van der Waals surface area contributed by atoms with E-state index in [2.05, 4.69) is 4.98 Å². The lowest BCUT2D eigenvalue weighted by Gasteiger charge is -2.25. The van der Waals surface area contributed by atoms with Gasteiger partial charge in [-0.15, -0.1) is 0 Å². The van der Waals surface area contributed by atoms with Crippen molar-refractivity contribution in [2.24, 2.45) is 11.7 Å². The summed E-state index contributed by atoms with van der Waals surface area (Å²) in [4.78, 5) is 4.16. The van der Waals surface area contributed by atoms with E-state index in [1.165, 1.54) is 19.3 Å². The lowest BCUT2D eigenvalue weighted by atomic mass is 9.83. The second-order valence-corrected chi connectivity index (χ2v) is 4.66. The zero-order valence-corrected chi connectivity index (χ0v) is 10.2. The minimum Gasteiger partial charge on any atom is -0.477 e. The van der Waals surface area contributed by atoms with E-state index in [4.69, 9.17) is 15.9 Å². The molecule has 1 aliphatic rings. The van der Waals surface area contributed by atoms with Crippen LogP contribution < -0.4 is 10.5 Å². The topological polar surface area (TPSA) is 72.0 Å². The highest BCUT2D eigenvalue weighted by Crippen LogP contribution is 2.29. The maximum atomic E-state index is 7.54. The molecule has 0 amide bonds. The van der Waals surface area contributed by atoms with Gasteiger partial charge in [0, 0.05) is 6.20 Å². The molecule has 0 spiro atoms. The molecule has 2 rings (SSSR count). The van der Waals surface area contributed by atoms with Gasteiger partial charge in [-0.1, -0.05) is 19.3 Å². The van der Waals surface area contributed by atoms with Crippen molar-refractivity contribution < 1.29 is 4.74 Å². The van der Waals surface area contributed by atoms with Crippen LogP contribution in [0.15, 0.2) is 12.3 Å². The Hall–Kier alpha value is -1.58. The first-order valence-electron chi connectivity index (χ1n) is 6.11. The number of amidine groups is 1. The zero-order chi connectivity index (χ0) is 12.3. The summed E-state index contributed by atoms with van der Waals surface area (Å²) < 4.78 is 5.65. The van der Waals surface area contributed by atoms with Crippen LogP contribution >= 0.6 is 0 Å². The number of rotatable bonds is 5. The number of pyridine rings is 1. The van der Waals surface area contributed by atoms with Crippen molar-refractivity contribution in [2.45, 2.75) is 32.6 Å². The van der Waals surface area contributed by atoms with E-state index in [0.717, 1.165) is 17.9 Å². The first kappa shape index (κ1) is 11.9. The molecule has 1 saturated carbocycles. The van der Waals surface area contributed by atoms with Crippen LogP contribution in [-0.2, 0) is 0 Å². The summed E-state index contributed by atoms with van der Waals surface area (Å²) in [7, 11) is 0. The Bertz CT molecular complexity index is 413. The van der Waals surface area contributed by atoms with E-state index in [-0.39, 0.29) is 5.84 Å². The van der Waals surface area contributed by atoms with Gasteiger partial charge < -0.3 is 10.5 Å². The standard InChI is InChI=1S/C13H19N3O/c1-9-5-7-16-13(11(9)12(14)15)17-8-6-10-3-2-4-10/h5,7,10H,2-4,6,8H2,1H3,(H3,14,15). The summed E-state index contributed by atoms with van der Waals surface area (Å²) in [5, 5.41) is 7.54. The quantitative estimate of drug-likeness (QED) is 0.605. The summed E-state index contributed by atoms with van der Waals surface area (Å²) in [5.41, 5.74) is 7.11. The van der Waals surface area contributed by atoms with Crippen LogP contribution in [0, 0.1) is 18.3 Å². The van der Waals surface area contributed by atoms with E-state index in [1.807, 2.05) is 13.0 Å². The average Bonchev–Trinajstić information content (AvgIpc) is 2.21. The smallest absolute Gasteiger partial charge is 0.224 e. The van der Waals surface area contributed by atoms with Gasteiger partial charge in [-0.25, -0.2) is 4.98 Å². The molecule has 17 heavy (non-hydrogen) atoms. The Kier molecular flexibility index (Phi) is 3.61. The Labute approximate surface area is 102 Å². The summed E-state index contributed by atoms with van der Waals surface area (Å²) >= 11 is 0. The third-order valence-electron chi connectivity index (χ3n) is 3.38. The number of nitrogens with zero attached hydrogens (tertiary/aromatic N) is 1. The van der Waals surface area contributed by atoms with Gasteiger partial charge in [0.1, 0.15) is 5.84 Å². The van der Waals surface area contributed by atoms with Gasteiger partial charge in [-0.2, -0.15) is 0 Å². The molecule has 3 N–H and O–H groups in total. The van der Waals surface area contributed by atoms with Gasteiger partial charge in [-0.05, 0) is 30.9 Å². The first-order valence-corrected chi connectivity index (χ1v) is 6.11. The molecular weight excluding hydrogens is 214 g/mol. The third kappa shape index (κ3) is 2.75. The van der Waals surface area contributed by atoms with Crippen LogP contribution in [0.4, 0.5) is 0 Å². The van der Waals surface area contributed by atoms with Crippen LogP contribution in [0.3, 0.4) is 0 Å². The number of ether oxygens (including phenoxy) is 1. The number of aromatic nitrogens is 1. The van der Waals surface area contributed by atoms with Crippen LogP contribution in [0.2, 0.25) is 0 Å². The van der Waals surface area contributed by atoms with E-state index in [9.17, 15) is 0 Å². The molecule has 92 valence electrons. The number of nitrogens with two attached hydrogens (primary N) is 1. The molecule has 1 fully saturated rings. The SMILES string of the molecule is Cc1ccnc(OCCC2CCC2)c1C(=N)N. The van der Waals surface area contributed by atoms with E-state index < -0.39 is 0 Å². The van der Waals surface area contributed by atoms with Crippen LogP contribution in [-0.4, -0.2) is 17.4 Å². The second kappa shape index (κ2) is 5.17. The highest BCUT2D eigenvalue weighted by molar-refractivity contribution is 5.98. The second-order valence-electron chi connectivity index (χ2n) is 4.66. The third-order valence-corrected chi connectivity index (χ3v) is 3.38. The maximum Gasteiger partial charge on any atom is 0.224 e. The number of aryl methyl sites for hydroxylation is 1. The average molecular weight is 233 g/mol. The normalized spacial score (nSPS) is 15.4. The molecule has 0 atom stereocenters. The predicted molar refractivity (Wildman–Crippen MR) is 67.4 cm³/mol. The van der Waals surface area contributed by atoms with Crippen molar-refractivity contribution in [2.75, 3.05) is 6.61 Å². The van der Waals surface area contributed by atoms with Gasteiger partial charge >= 0.3 is 0 Å². The van der Waals surface area contributed by atoms with Gasteiger partial charge in [0.2, 0.25) is 5.88 Å². The van der Waals surface area contributed by atoms with Gasteiger partial charge in [0.25, 0.3) is 0 Å². The lowest BCUT2D eigenvalue weighted by molar-refractivity contribution is 0.217. The molecule has 0 aliphatic heterocycles. The zero-order valence-electron chi connectivity index (χ0n) is 10.2. The fourth-order valence-corrected chi connectivity index (χ4v) is 2.07. The molecule has 1 aliphatic carbocycles. The Morgan fingerprint density at radius 3 is 2.94 bits per heavy atom. The van der Waals surface area contributed by atoms with Gasteiger partial charge in [0.15, 0.2) is 0 Å². The molecule has 0 unspecified atom stereocenters.